The van der Waals surface area contributed by atoms with Crippen LogP contribution in [0.5, 0.6) is 0 Å². The second kappa shape index (κ2) is 8.74. The molecular weight excluding hydrogens is 406 g/mol. The number of aromatic nitrogens is 1. The highest BCUT2D eigenvalue weighted by molar-refractivity contribution is 5.83. The van der Waals surface area contributed by atoms with E-state index in [1.165, 1.54) is 54.5 Å². The minimum Gasteiger partial charge on any atom is -0.378 e. The molecule has 4 heteroatoms. The highest BCUT2D eigenvalue weighted by Gasteiger charge is 2.37. The maximum absolute atomic E-state index is 5.46. The third-order valence-electron chi connectivity index (χ3n) is 7.54. The van der Waals surface area contributed by atoms with Crippen molar-refractivity contribution in [3.05, 3.63) is 89.2 Å². The van der Waals surface area contributed by atoms with Crippen LogP contribution in [-0.2, 0) is 6.42 Å². The number of nitrogens with one attached hydrogen (secondary N) is 1. The fourth-order valence-corrected chi connectivity index (χ4v) is 5.75. The van der Waals surface area contributed by atoms with Crippen molar-refractivity contribution in [1.29, 1.82) is 0 Å². The first kappa shape index (κ1) is 21.8. The van der Waals surface area contributed by atoms with Gasteiger partial charge < -0.3 is 14.7 Å². The maximum atomic E-state index is 5.46. The lowest BCUT2D eigenvalue weighted by atomic mass is 9.75. The molecule has 1 saturated carbocycles. The first-order chi connectivity index (χ1) is 16.0. The predicted molar refractivity (Wildman–Crippen MR) is 135 cm³/mol. The Kier molecular flexibility index (Phi) is 5.77. The summed E-state index contributed by atoms with van der Waals surface area (Å²) in [7, 11) is 0. The van der Waals surface area contributed by atoms with Gasteiger partial charge in [0.2, 0.25) is 0 Å². The largest absolute Gasteiger partial charge is 0.378 e. The molecule has 1 aliphatic carbocycles. The molecule has 172 valence electrons. The zero-order chi connectivity index (χ0) is 23.0. The van der Waals surface area contributed by atoms with Gasteiger partial charge in [-0.05, 0) is 55.7 Å². The third kappa shape index (κ3) is 4.19. The molecule has 3 aliphatic rings. The number of allylic oxidation sites excluding steroid dienone is 3. The van der Waals surface area contributed by atoms with E-state index in [0.717, 1.165) is 35.6 Å². The summed E-state index contributed by atoms with van der Waals surface area (Å²) in [4.78, 5) is 2.52. The average molecular weight is 442 g/mol. The summed E-state index contributed by atoms with van der Waals surface area (Å²) in [6, 6.07) is 9.11. The summed E-state index contributed by atoms with van der Waals surface area (Å²) in [6.07, 6.45) is 16.4. The Bertz CT molecular complexity index is 1110. The van der Waals surface area contributed by atoms with E-state index in [-0.39, 0.29) is 6.04 Å². The van der Waals surface area contributed by atoms with Gasteiger partial charge in [-0.2, -0.15) is 0 Å². The molecule has 0 bridgehead atoms. The van der Waals surface area contributed by atoms with Gasteiger partial charge in [0, 0.05) is 41.4 Å². The van der Waals surface area contributed by atoms with Gasteiger partial charge >= 0.3 is 0 Å². The molecule has 0 spiro atoms. The quantitative estimate of drug-likeness (QED) is 0.517. The standard InChI is InChI=1S/C29H35N3O/c1-5-9-22-10-12-23(13-11-22)25-18-32(19-29(4)14-7-6-8-15-29)26-16-24(17-30-28(25)26)27-20(2)31-33-21(27)3/h5,10-13,16-18,28,30H,1,6-9,14-15,19H2,2-4H3. The van der Waals surface area contributed by atoms with Crippen molar-refractivity contribution < 1.29 is 4.52 Å². The van der Waals surface area contributed by atoms with Crippen LogP contribution >= 0.6 is 0 Å². The van der Waals surface area contributed by atoms with Gasteiger partial charge in [0.1, 0.15) is 5.76 Å². The van der Waals surface area contributed by atoms with E-state index in [0.29, 0.717) is 5.41 Å². The number of fused-ring (bicyclic) bond motifs is 1. The van der Waals surface area contributed by atoms with Gasteiger partial charge in [0.15, 0.2) is 0 Å². The fourth-order valence-electron chi connectivity index (χ4n) is 5.75. The molecule has 2 aliphatic heterocycles. The van der Waals surface area contributed by atoms with Gasteiger partial charge in [-0.1, -0.05) is 61.7 Å². The van der Waals surface area contributed by atoms with Crippen molar-refractivity contribution in [2.24, 2.45) is 5.41 Å². The van der Waals surface area contributed by atoms with Crippen molar-refractivity contribution in [1.82, 2.24) is 15.4 Å². The summed E-state index contributed by atoms with van der Waals surface area (Å²) < 4.78 is 5.46. The lowest BCUT2D eigenvalue weighted by molar-refractivity contribution is 0.169. The van der Waals surface area contributed by atoms with E-state index >= 15 is 0 Å². The second-order valence-electron chi connectivity index (χ2n) is 10.2. The molecule has 0 amide bonds. The molecule has 1 N–H and O–H groups in total. The summed E-state index contributed by atoms with van der Waals surface area (Å²) in [5.74, 6) is 0.866. The lowest BCUT2D eigenvalue weighted by Crippen LogP contribution is -2.37. The molecule has 3 heterocycles. The van der Waals surface area contributed by atoms with E-state index in [2.05, 4.69) is 71.6 Å². The average Bonchev–Trinajstić information content (AvgIpc) is 3.33. The van der Waals surface area contributed by atoms with Crippen molar-refractivity contribution in [3.63, 3.8) is 0 Å². The molecule has 1 aromatic heterocycles. The summed E-state index contributed by atoms with van der Waals surface area (Å²) in [5, 5.41) is 7.90. The monoisotopic (exact) mass is 441 g/mol. The van der Waals surface area contributed by atoms with Crippen LogP contribution in [0.2, 0.25) is 0 Å². The highest BCUT2D eigenvalue weighted by Crippen LogP contribution is 2.43. The molecule has 0 radical (unpaired) electrons. The number of dihydropyridines is 1. The number of hydrogen-bond acceptors (Lipinski definition) is 4. The topological polar surface area (TPSA) is 41.3 Å². The SMILES string of the molecule is C=CCc1ccc(C2=CN(CC3(C)CCCCC3)C3=CC(c4c(C)noc4C)=CNC23)cc1. The fraction of sp³-hybridized carbons (Fsp3) is 0.414. The van der Waals surface area contributed by atoms with Gasteiger partial charge in [-0.3, -0.25) is 0 Å². The van der Waals surface area contributed by atoms with Crippen LogP contribution in [0.1, 0.15) is 67.2 Å². The number of rotatable bonds is 6. The van der Waals surface area contributed by atoms with E-state index in [9.17, 15) is 0 Å². The maximum Gasteiger partial charge on any atom is 0.141 e. The van der Waals surface area contributed by atoms with Crippen LogP contribution in [0.3, 0.4) is 0 Å². The Labute approximate surface area is 197 Å². The second-order valence-corrected chi connectivity index (χ2v) is 10.2. The van der Waals surface area contributed by atoms with Crippen LogP contribution < -0.4 is 5.32 Å². The van der Waals surface area contributed by atoms with Crippen LogP contribution in [0.15, 0.2) is 65.6 Å². The van der Waals surface area contributed by atoms with Crippen molar-refractivity contribution in [2.45, 2.75) is 65.3 Å². The normalized spacial score (nSPS) is 21.6. The Hall–Kier alpha value is -3.01. The summed E-state index contributed by atoms with van der Waals surface area (Å²) in [6.45, 7) is 11.4. The molecule has 1 aromatic carbocycles. The molecule has 33 heavy (non-hydrogen) atoms. The molecule has 4 nitrogen and oxygen atoms in total. The van der Waals surface area contributed by atoms with Crippen molar-refractivity contribution in [2.75, 3.05) is 6.54 Å². The van der Waals surface area contributed by atoms with Gasteiger partial charge in [-0.25, -0.2) is 0 Å². The lowest BCUT2D eigenvalue weighted by Gasteiger charge is -2.38. The van der Waals surface area contributed by atoms with Gasteiger partial charge in [0.25, 0.3) is 0 Å². The zero-order valence-corrected chi connectivity index (χ0v) is 20.2. The van der Waals surface area contributed by atoms with E-state index in [1.54, 1.807) is 0 Å². The Morgan fingerprint density at radius 3 is 2.61 bits per heavy atom. The minimum absolute atomic E-state index is 0.159. The van der Waals surface area contributed by atoms with E-state index < -0.39 is 0 Å². The van der Waals surface area contributed by atoms with Crippen LogP contribution in [0.4, 0.5) is 0 Å². The number of hydrogen-bond donors (Lipinski definition) is 1. The third-order valence-corrected chi connectivity index (χ3v) is 7.54. The Morgan fingerprint density at radius 1 is 1.18 bits per heavy atom. The molecule has 2 aromatic rings. The number of aryl methyl sites for hydroxylation is 2. The van der Waals surface area contributed by atoms with Gasteiger partial charge in [0.05, 0.1) is 11.7 Å². The summed E-state index contributed by atoms with van der Waals surface area (Å²) in [5.41, 5.74) is 8.76. The molecule has 1 atom stereocenters. The minimum atomic E-state index is 0.159. The highest BCUT2D eigenvalue weighted by atomic mass is 16.5. The van der Waals surface area contributed by atoms with E-state index in [4.69, 9.17) is 4.52 Å². The van der Waals surface area contributed by atoms with Crippen LogP contribution in [0, 0.1) is 19.3 Å². The number of nitrogens with zero attached hydrogens (tertiary/aromatic N) is 2. The first-order valence-corrected chi connectivity index (χ1v) is 12.3. The van der Waals surface area contributed by atoms with Gasteiger partial charge in [-0.15, -0.1) is 6.58 Å². The smallest absolute Gasteiger partial charge is 0.141 e. The van der Waals surface area contributed by atoms with E-state index in [1.807, 2.05) is 19.9 Å². The molecule has 0 saturated heterocycles. The van der Waals surface area contributed by atoms with Crippen LogP contribution in [-0.4, -0.2) is 22.6 Å². The Balaban J connectivity index is 1.50. The van der Waals surface area contributed by atoms with Crippen LogP contribution in [0.25, 0.3) is 11.1 Å². The van der Waals surface area contributed by atoms with Crippen molar-refractivity contribution >= 4 is 11.1 Å². The predicted octanol–water partition coefficient (Wildman–Crippen LogP) is 6.54. The summed E-state index contributed by atoms with van der Waals surface area (Å²) >= 11 is 0. The molecule has 1 fully saturated rings. The molecule has 1 unspecified atom stereocenters. The Morgan fingerprint density at radius 2 is 1.94 bits per heavy atom. The molecule has 5 rings (SSSR count). The zero-order valence-electron chi connectivity index (χ0n) is 20.2. The number of benzene rings is 1. The first-order valence-electron chi connectivity index (χ1n) is 12.3. The molecular formula is C29H35N3O. The van der Waals surface area contributed by atoms with Crippen molar-refractivity contribution in [3.8, 4) is 0 Å².